The first kappa shape index (κ1) is 12.9. The van der Waals surface area contributed by atoms with E-state index in [1.165, 1.54) is 0 Å². The van der Waals surface area contributed by atoms with Crippen molar-refractivity contribution in [1.82, 2.24) is 5.32 Å². The van der Waals surface area contributed by atoms with Crippen LogP contribution in [0.1, 0.15) is 32.1 Å². The van der Waals surface area contributed by atoms with Crippen molar-refractivity contribution in [3.8, 4) is 0 Å². The minimum atomic E-state index is -1.35. The molecule has 0 aromatic carbocycles. The van der Waals surface area contributed by atoms with Gasteiger partial charge in [-0.15, -0.1) is 0 Å². The normalized spacial score (nSPS) is 21.1. The van der Waals surface area contributed by atoms with E-state index >= 15 is 0 Å². The molecule has 1 unspecified atom stereocenters. The zero-order chi connectivity index (χ0) is 12.2. The molecular formula is C10H19N3O3. The first-order chi connectivity index (χ1) is 7.46. The lowest BCUT2D eigenvalue weighted by atomic mass is 9.82. The number of aliphatic hydroxyl groups is 1. The molecule has 1 rings (SSSR count). The van der Waals surface area contributed by atoms with Crippen LogP contribution in [0.2, 0.25) is 0 Å². The van der Waals surface area contributed by atoms with Crippen LogP contribution < -0.4 is 16.8 Å². The van der Waals surface area contributed by atoms with Gasteiger partial charge in [-0.05, 0) is 12.8 Å². The smallest absolute Gasteiger partial charge is 0.248 e. The zero-order valence-corrected chi connectivity index (χ0v) is 9.24. The summed E-state index contributed by atoms with van der Waals surface area (Å²) >= 11 is 0. The van der Waals surface area contributed by atoms with E-state index in [0.29, 0.717) is 12.8 Å². The van der Waals surface area contributed by atoms with Crippen molar-refractivity contribution in [2.45, 2.75) is 43.7 Å². The number of nitrogens with one attached hydrogen (secondary N) is 1. The predicted molar refractivity (Wildman–Crippen MR) is 58.2 cm³/mol. The van der Waals surface area contributed by atoms with Gasteiger partial charge in [0.2, 0.25) is 11.8 Å². The second-order valence-corrected chi connectivity index (χ2v) is 4.34. The van der Waals surface area contributed by atoms with Crippen molar-refractivity contribution in [2.24, 2.45) is 11.5 Å². The molecule has 0 radical (unpaired) electrons. The van der Waals surface area contributed by atoms with Crippen LogP contribution in [0.5, 0.6) is 0 Å². The average molecular weight is 229 g/mol. The lowest BCUT2D eigenvalue weighted by Gasteiger charge is -2.31. The molecule has 0 aromatic rings. The summed E-state index contributed by atoms with van der Waals surface area (Å²) in [6.07, 6.45) is 2.90. The number of primary amides is 1. The summed E-state index contributed by atoms with van der Waals surface area (Å²) in [7, 11) is 0. The first-order valence-corrected chi connectivity index (χ1v) is 5.50. The van der Waals surface area contributed by atoms with Gasteiger partial charge >= 0.3 is 0 Å². The first-order valence-electron chi connectivity index (χ1n) is 5.50. The number of aliphatic hydroxyl groups excluding tert-OH is 1. The van der Waals surface area contributed by atoms with Gasteiger partial charge < -0.3 is 21.9 Å². The molecule has 0 spiro atoms. The maximum absolute atomic E-state index is 11.7. The van der Waals surface area contributed by atoms with Gasteiger partial charge in [-0.25, -0.2) is 0 Å². The van der Waals surface area contributed by atoms with Crippen LogP contribution in [-0.2, 0) is 9.59 Å². The summed E-state index contributed by atoms with van der Waals surface area (Å²) < 4.78 is 0. The van der Waals surface area contributed by atoms with Gasteiger partial charge in [-0.3, -0.25) is 9.59 Å². The largest absolute Gasteiger partial charge is 0.381 e. The van der Waals surface area contributed by atoms with E-state index in [4.69, 9.17) is 16.6 Å². The fourth-order valence-corrected chi connectivity index (χ4v) is 1.88. The molecule has 0 saturated heterocycles. The van der Waals surface area contributed by atoms with Crippen molar-refractivity contribution < 1.29 is 14.7 Å². The molecule has 0 aromatic heterocycles. The molecule has 6 nitrogen and oxygen atoms in total. The quantitative estimate of drug-likeness (QED) is 0.474. The molecule has 1 aliphatic carbocycles. The molecule has 1 saturated carbocycles. The summed E-state index contributed by atoms with van der Waals surface area (Å²) in [5.74, 6) is -1.16. The number of carbonyl (C=O) groups excluding carboxylic acids is 2. The Morgan fingerprint density at radius 3 is 2.38 bits per heavy atom. The Morgan fingerprint density at radius 1 is 1.31 bits per heavy atom. The SMILES string of the molecule is NC(=O)C(O)CNC(=O)C1(N)CCCCC1. The molecular weight excluding hydrogens is 210 g/mol. The van der Waals surface area contributed by atoms with Gasteiger partial charge in [0.1, 0.15) is 6.10 Å². The topological polar surface area (TPSA) is 118 Å². The van der Waals surface area contributed by atoms with E-state index in [1.54, 1.807) is 0 Å². The zero-order valence-electron chi connectivity index (χ0n) is 9.24. The number of amides is 2. The highest BCUT2D eigenvalue weighted by atomic mass is 16.3. The van der Waals surface area contributed by atoms with Crippen LogP contribution in [0.25, 0.3) is 0 Å². The highest BCUT2D eigenvalue weighted by Crippen LogP contribution is 2.25. The summed E-state index contributed by atoms with van der Waals surface area (Å²) in [5.41, 5.74) is 9.97. The van der Waals surface area contributed by atoms with Crippen LogP contribution >= 0.6 is 0 Å². The Balaban J connectivity index is 2.42. The van der Waals surface area contributed by atoms with E-state index in [9.17, 15) is 9.59 Å². The number of rotatable bonds is 4. The van der Waals surface area contributed by atoms with Gasteiger partial charge in [0.25, 0.3) is 0 Å². The summed E-state index contributed by atoms with van der Waals surface area (Å²) in [6, 6.07) is 0. The van der Waals surface area contributed by atoms with E-state index in [0.717, 1.165) is 19.3 Å². The second kappa shape index (κ2) is 5.27. The van der Waals surface area contributed by atoms with Gasteiger partial charge in [0, 0.05) is 0 Å². The Bertz CT molecular complexity index is 274. The maximum Gasteiger partial charge on any atom is 0.248 e. The highest BCUT2D eigenvalue weighted by molar-refractivity contribution is 5.87. The highest BCUT2D eigenvalue weighted by Gasteiger charge is 2.35. The molecule has 2 amide bonds. The van der Waals surface area contributed by atoms with Crippen LogP contribution in [0.15, 0.2) is 0 Å². The number of nitrogens with two attached hydrogens (primary N) is 2. The summed E-state index contributed by atoms with van der Waals surface area (Å²) in [6.45, 7) is -0.173. The van der Waals surface area contributed by atoms with Crippen LogP contribution in [-0.4, -0.2) is 35.1 Å². The van der Waals surface area contributed by atoms with E-state index < -0.39 is 17.6 Å². The Hall–Kier alpha value is -1.14. The third-order valence-electron chi connectivity index (χ3n) is 2.98. The number of hydrogen-bond donors (Lipinski definition) is 4. The molecule has 6 heteroatoms. The predicted octanol–water partition coefficient (Wildman–Crippen LogP) is -1.39. The van der Waals surface area contributed by atoms with Crippen molar-refractivity contribution >= 4 is 11.8 Å². The minimum Gasteiger partial charge on any atom is -0.381 e. The maximum atomic E-state index is 11.7. The van der Waals surface area contributed by atoms with E-state index in [1.807, 2.05) is 0 Å². The molecule has 6 N–H and O–H groups in total. The standard InChI is InChI=1S/C10H19N3O3/c11-8(15)7(14)6-13-9(16)10(12)4-2-1-3-5-10/h7,14H,1-6,12H2,(H2,11,15)(H,13,16). The number of carbonyl (C=O) groups is 2. The molecule has 92 valence electrons. The summed E-state index contributed by atoms with van der Waals surface area (Å²) in [5, 5.41) is 11.6. The minimum absolute atomic E-state index is 0.173. The Kier molecular flexibility index (Phi) is 4.26. The van der Waals surface area contributed by atoms with Crippen LogP contribution in [0.4, 0.5) is 0 Å². The van der Waals surface area contributed by atoms with Crippen molar-refractivity contribution in [3.05, 3.63) is 0 Å². The molecule has 16 heavy (non-hydrogen) atoms. The lowest BCUT2D eigenvalue weighted by molar-refractivity contribution is -0.129. The molecule has 1 aliphatic rings. The molecule has 1 atom stereocenters. The Morgan fingerprint density at radius 2 is 1.88 bits per heavy atom. The van der Waals surface area contributed by atoms with Gasteiger partial charge in [-0.1, -0.05) is 19.3 Å². The van der Waals surface area contributed by atoms with Gasteiger partial charge in [0.05, 0.1) is 12.1 Å². The average Bonchev–Trinajstić information content (AvgIpc) is 2.26. The molecule has 1 fully saturated rings. The second-order valence-electron chi connectivity index (χ2n) is 4.34. The van der Waals surface area contributed by atoms with E-state index in [-0.39, 0.29) is 12.5 Å². The van der Waals surface area contributed by atoms with Gasteiger partial charge in [0.15, 0.2) is 0 Å². The van der Waals surface area contributed by atoms with Crippen molar-refractivity contribution in [3.63, 3.8) is 0 Å². The third kappa shape index (κ3) is 3.18. The molecule has 0 bridgehead atoms. The van der Waals surface area contributed by atoms with E-state index in [2.05, 4.69) is 5.32 Å². The summed E-state index contributed by atoms with van der Waals surface area (Å²) in [4.78, 5) is 22.3. The Labute approximate surface area is 94.4 Å². The van der Waals surface area contributed by atoms with Gasteiger partial charge in [-0.2, -0.15) is 0 Å². The molecule has 0 aliphatic heterocycles. The third-order valence-corrected chi connectivity index (χ3v) is 2.98. The lowest BCUT2D eigenvalue weighted by Crippen LogP contribution is -2.56. The number of hydrogen-bond acceptors (Lipinski definition) is 4. The van der Waals surface area contributed by atoms with Crippen LogP contribution in [0.3, 0.4) is 0 Å². The fraction of sp³-hybridized carbons (Fsp3) is 0.800. The molecule has 0 heterocycles. The van der Waals surface area contributed by atoms with Crippen LogP contribution in [0, 0.1) is 0 Å². The van der Waals surface area contributed by atoms with Crippen molar-refractivity contribution in [2.75, 3.05) is 6.54 Å². The fourth-order valence-electron chi connectivity index (χ4n) is 1.88. The van der Waals surface area contributed by atoms with Crippen molar-refractivity contribution in [1.29, 1.82) is 0 Å². The monoisotopic (exact) mass is 229 g/mol.